The summed E-state index contributed by atoms with van der Waals surface area (Å²) in [5.41, 5.74) is 4.39. The van der Waals surface area contributed by atoms with Crippen molar-refractivity contribution in [2.45, 2.75) is 76.3 Å². The summed E-state index contributed by atoms with van der Waals surface area (Å²) >= 11 is 6.04. The highest BCUT2D eigenvalue weighted by molar-refractivity contribution is 6.30. The lowest BCUT2D eigenvalue weighted by atomic mass is 9.89. The summed E-state index contributed by atoms with van der Waals surface area (Å²) < 4.78 is 6.17. The molecule has 3 aliphatic rings. The van der Waals surface area contributed by atoms with Crippen LogP contribution in [0.5, 0.6) is 5.75 Å². The van der Waals surface area contributed by atoms with E-state index in [1.165, 1.54) is 81.1 Å². The molecule has 1 atom stereocenters. The molecule has 0 radical (unpaired) electrons. The van der Waals surface area contributed by atoms with Gasteiger partial charge >= 0.3 is 0 Å². The van der Waals surface area contributed by atoms with Crippen LogP contribution in [-0.2, 0) is 13.0 Å². The zero-order chi connectivity index (χ0) is 22.5. The first-order valence-corrected chi connectivity index (χ1v) is 13.6. The van der Waals surface area contributed by atoms with E-state index in [4.69, 9.17) is 16.3 Å². The van der Waals surface area contributed by atoms with Crippen molar-refractivity contribution in [1.29, 1.82) is 0 Å². The van der Waals surface area contributed by atoms with Gasteiger partial charge in [-0.05, 0) is 111 Å². The minimum atomic E-state index is 0.677. The summed E-state index contributed by atoms with van der Waals surface area (Å²) in [6, 6.07) is 15.9. The predicted molar refractivity (Wildman–Crippen MR) is 137 cm³/mol. The van der Waals surface area contributed by atoms with Gasteiger partial charge in [0.1, 0.15) is 5.75 Å². The topological polar surface area (TPSA) is 24.5 Å². The maximum Gasteiger partial charge on any atom is 0.119 e. The molecule has 0 spiro atoms. The van der Waals surface area contributed by atoms with Crippen LogP contribution >= 0.6 is 11.6 Å². The maximum absolute atomic E-state index is 6.17. The standard InChI is InChI=1S/C29H39ClN2O/c30-27-10-6-22(7-11-27)24-14-17-32(18-15-24)16-3-19-33-28-12-8-23-9-13-29(25-4-1-2-5-25)31-21-26(23)20-28/h6-8,10-12,20,24-25,29,31H,1-5,9,13-19,21H2. The zero-order valence-corrected chi connectivity index (χ0v) is 20.7. The SMILES string of the molecule is Clc1ccc(C2CCN(CCCOc3ccc4c(c3)CNC(C3CCCC3)CC4)CC2)cc1. The Morgan fingerprint density at radius 2 is 1.70 bits per heavy atom. The first-order valence-electron chi connectivity index (χ1n) is 13.2. The van der Waals surface area contributed by atoms with Crippen LogP contribution in [0, 0.1) is 5.92 Å². The van der Waals surface area contributed by atoms with Crippen molar-refractivity contribution in [3.63, 3.8) is 0 Å². The van der Waals surface area contributed by atoms with Crippen LogP contribution in [0.2, 0.25) is 5.02 Å². The number of fused-ring (bicyclic) bond motifs is 1. The van der Waals surface area contributed by atoms with E-state index in [0.29, 0.717) is 12.0 Å². The van der Waals surface area contributed by atoms with Gasteiger partial charge in [0.25, 0.3) is 0 Å². The molecule has 1 unspecified atom stereocenters. The van der Waals surface area contributed by atoms with Gasteiger partial charge in [0.2, 0.25) is 0 Å². The van der Waals surface area contributed by atoms with Crippen molar-refractivity contribution in [2.24, 2.45) is 5.92 Å². The minimum Gasteiger partial charge on any atom is -0.494 e. The van der Waals surface area contributed by atoms with Gasteiger partial charge in [0.15, 0.2) is 0 Å². The van der Waals surface area contributed by atoms with Crippen molar-refractivity contribution in [3.8, 4) is 5.75 Å². The summed E-state index contributed by atoms with van der Waals surface area (Å²) in [6.45, 7) is 5.28. The van der Waals surface area contributed by atoms with Crippen molar-refractivity contribution >= 4 is 11.6 Å². The molecule has 33 heavy (non-hydrogen) atoms. The number of nitrogens with one attached hydrogen (secondary N) is 1. The molecule has 0 aromatic heterocycles. The van der Waals surface area contributed by atoms with Crippen LogP contribution in [0.25, 0.3) is 0 Å². The fourth-order valence-corrected chi connectivity index (χ4v) is 6.35. The number of hydrogen-bond acceptors (Lipinski definition) is 3. The van der Waals surface area contributed by atoms with E-state index in [0.717, 1.165) is 42.8 Å². The number of aryl methyl sites for hydroxylation is 1. The Morgan fingerprint density at radius 3 is 2.48 bits per heavy atom. The largest absolute Gasteiger partial charge is 0.494 e. The number of hydrogen-bond donors (Lipinski definition) is 1. The Morgan fingerprint density at radius 1 is 0.909 bits per heavy atom. The van der Waals surface area contributed by atoms with Gasteiger partial charge in [-0.1, -0.05) is 42.6 Å². The Bertz CT molecular complexity index is 885. The summed E-state index contributed by atoms with van der Waals surface area (Å²) in [5, 5.41) is 4.70. The fraction of sp³-hybridized carbons (Fsp3) is 0.586. The van der Waals surface area contributed by atoms with Gasteiger partial charge in [-0.3, -0.25) is 0 Å². The molecule has 1 aliphatic carbocycles. The van der Waals surface area contributed by atoms with Crippen molar-refractivity contribution in [1.82, 2.24) is 10.2 Å². The lowest BCUT2D eigenvalue weighted by Gasteiger charge is -2.32. The van der Waals surface area contributed by atoms with Crippen molar-refractivity contribution < 1.29 is 4.74 Å². The van der Waals surface area contributed by atoms with Gasteiger partial charge in [-0.25, -0.2) is 0 Å². The second-order valence-electron chi connectivity index (χ2n) is 10.4. The third-order valence-electron chi connectivity index (χ3n) is 8.24. The highest BCUT2D eigenvalue weighted by Crippen LogP contribution is 2.32. The van der Waals surface area contributed by atoms with Crippen molar-refractivity contribution in [2.75, 3.05) is 26.2 Å². The fourth-order valence-electron chi connectivity index (χ4n) is 6.22. The molecule has 2 aromatic rings. The van der Waals surface area contributed by atoms with Crippen LogP contribution in [0.1, 0.15) is 74.0 Å². The number of benzene rings is 2. The number of rotatable bonds is 7. The third-order valence-corrected chi connectivity index (χ3v) is 8.49. The predicted octanol–water partition coefficient (Wildman–Crippen LogP) is 6.58. The molecule has 0 bridgehead atoms. The highest BCUT2D eigenvalue weighted by Gasteiger charge is 2.26. The Labute approximate surface area is 204 Å². The molecule has 2 fully saturated rings. The van der Waals surface area contributed by atoms with Crippen LogP contribution in [0.15, 0.2) is 42.5 Å². The molecule has 2 aliphatic heterocycles. The Balaban J connectivity index is 1.03. The van der Waals surface area contributed by atoms with Gasteiger partial charge < -0.3 is 15.0 Å². The van der Waals surface area contributed by atoms with Crippen LogP contribution in [0.4, 0.5) is 0 Å². The molecule has 1 saturated carbocycles. The molecule has 0 amide bonds. The Kier molecular flexibility index (Phi) is 7.91. The second kappa shape index (κ2) is 11.3. The summed E-state index contributed by atoms with van der Waals surface area (Å²) in [6.07, 6.45) is 11.7. The quantitative estimate of drug-likeness (QED) is 0.466. The van der Waals surface area contributed by atoms with Gasteiger partial charge in [0, 0.05) is 24.2 Å². The normalized spacial score (nSPS) is 22.8. The maximum atomic E-state index is 6.17. The molecule has 1 N–H and O–H groups in total. The number of nitrogens with zero attached hydrogens (tertiary/aromatic N) is 1. The molecule has 1 saturated heterocycles. The molecule has 4 heteroatoms. The number of piperidine rings is 1. The van der Waals surface area contributed by atoms with Crippen molar-refractivity contribution in [3.05, 3.63) is 64.2 Å². The van der Waals surface area contributed by atoms with Gasteiger partial charge in [-0.15, -0.1) is 0 Å². The number of halogens is 1. The van der Waals surface area contributed by atoms with E-state index in [2.05, 4.69) is 40.5 Å². The van der Waals surface area contributed by atoms with E-state index in [-0.39, 0.29) is 0 Å². The Hall–Kier alpha value is -1.55. The third kappa shape index (κ3) is 6.12. The minimum absolute atomic E-state index is 0.677. The lowest BCUT2D eigenvalue weighted by molar-refractivity contribution is 0.193. The van der Waals surface area contributed by atoms with E-state index < -0.39 is 0 Å². The van der Waals surface area contributed by atoms with E-state index >= 15 is 0 Å². The smallest absolute Gasteiger partial charge is 0.119 e. The van der Waals surface area contributed by atoms with Crippen LogP contribution in [0.3, 0.4) is 0 Å². The molecule has 2 heterocycles. The van der Waals surface area contributed by atoms with E-state index in [1.54, 1.807) is 0 Å². The first kappa shape index (κ1) is 23.2. The number of ether oxygens (including phenoxy) is 1. The van der Waals surface area contributed by atoms with Gasteiger partial charge in [-0.2, -0.15) is 0 Å². The molecule has 5 rings (SSSR count). The average molecular weight is 467 g/mol. The highest BCUT2D eigenvalue weighted by atomic mass is 35.5. The number of likely N-dealkylation sites (tertiary alicyclic amines) is 1. The van der Waals surface area contributed by atoms with E-state index in [1.807, 2.05) is 12.1 Å². The average Bonchev–Trinajstić information content (AvgIpc) is 3.30. The van der Waals surface area contributed by atoms with Crippen LogP contribution < -0.4 is 10.1 Å². The lowest BCUT2D eigenvalue weighted by Crippen LogP contribution is -2.34. The molecule has 2 aromatic carbocycles. The van der Waals surface area contributed by atoms with E-state index in [9.17, 15) is 0 Å². The molecular formula is C29H39ClN2O. The zero-order valence-electron chi connectivity index (χ0n) is 19.9. The summed E-state index contributed by atoms with van der Waals surface area (Å²) in [4.78, 5) is 2.60. The summed E-state index contributed by atoms with van der Waals surface area (Å²) in [5.74, 6) is 2.61. The molecule has 178 valence electrons. The summed E-state index contributed by atoms with van der Waals surface area (Å²) in [7, 11) is 0. The monoisotopic (exact) mass is 466 g/mol. The van der Waals surface area contributed by atoms with Gasteiger partial charge in [0.05, 0.1) is 6.61 Å². The molecule has 3 nitrogen and oxygen atoms in total. The van der Waals surface area contributed by atoms with Crippen LogP contribution in [-0.4, -0.2) is 37.2 Å². The second-order valence-corrected chi connectivity index (χ2v) is 10.8. The first-order chi connectivity index (χ1) is 16.2. The molecular weight excluding hydrogens is 428 g/mol.